The van der Waals surface area contributed by atoms with E-state index in [1.54, 1.807) is 0 Å². The minimum atomic E-state index is 0.527. The van der Waals surface area contributed by atoms with Crippen LogP contribution < -0.4 is 10.6 Å². The van der Waals surface area contributed by atoms with Gasteiger partial charge in [-0.15, -0.1) is 0 Å². The third-order valence-electron chi connectivity index (χ3n) is 5.49. The van der Waals surface area contributed by atoms with E-state index < -0.39 is 0 Å². The summed E-state index contributed by atoms with van der Waals surface area (Å²) in [4.78, 5) is 10.0. The largest absolute Gasteiger partial charge is 0.360 e. The quantitative estimate of drug-likeness (QED) is 0.234. The predicted octanol–water partition coefficient (Wildman–Crippen LogP) is 5.54. The van der Waals surface area contributed by atoms with Gasteiger partial charge < -0.3 is 10.6 Å². The first-order chi connectivity index (χ1) is 14.3. The molecule has 0 saturated heterocycles. The van der Waals surface area contributed by atoms with Gasteiger partial charge in [-0.25, -0.2) is 9.97 Å². The Balaban J connectivity index is 1.57. The van der Waals surface area contributed by atoms with Crippen LogP contribution in [0.25, 0.3) is 43.6 Å². The summed E-state index contributed by atoms with van der Waals surface area (Å²) in [6.45, 7) is 0. The fraction of sp³-hybridized carbons (Fsp3) is 0.125. The van der Waals surface area contributed by atoms with Crippen molar-refractivity contribution >= 4 is 66.6 Å². The van der Waals surface area contributed by atoms with Gasteiger partial charge in [-0.3, -0.25) is 0 Å². The Morgan fingerprint density at radius 1 is 0.759 bits per heavy atom. The highest BCUT2D eigenvalue weighted by Gasteiger charge is 2.21. The molecule has 1 saturated carbocycles. The molecule has 1 heterocycles. The van der Waals surface area contributed by atoms with Crippen molar-refractivity contribution < 1.29 is 0 Å². The molecule has 0 atom stereocenters. The van der Waals surface area contributed by atoms with E-state index in [0.717, 1.165) is 38.5 Å². The minimum absolute atomic E-state index is 0.527. The summed E-state index contributed by atoms with van der Waals surface area (Å²) in [5.74, 6) is 0. The summed E-state index contributed by atoms with van der Waals surface area (Å²) < 4.78 is 0. The van der Waals surface area contributed by atoms with E-state index in [0.29, 0.717) is 11.2 Å². The normalized spacial score (nSPS) is 13.9. The number of anilines is 1. The molecule has 0 radical (unpaired) electrons. The topological polar surface area (TPSA) is 49.8 Å². The van der Waals surface area contributed by atoms with Crippen LogP contribution in [0.2, 0.25) is 0 Å². The molecule has 4 nitrogen and oxygen atoms in total. The van der Waals surface area contributed by atoms with Crippen molar-refractivity contribution in [1.29, 1.82) is 0 Å². The number of thiocarbonyl (C=S) groups is 1. The van der Waals surface area contributed by atoms with Gasteiger partial charge >= 0.3 is 0 Å². The molecular weight excluding hydrogens is 376 g/mol. The average molecular weight is 395 g/mol. The zero-order chi connectivity index (χ0) is 19.4. The summed E-state index contributed by atoms with van der Waals surface area (Å²) in [6, 6.07) is 23.4. The molecule has 1 fully saturated rings. The van der Waals surface area contributed by atoms with Crippen molar-refractivity contribution in [3.8, 4) is 0 Å². The summed E-state index contributed by atoms with van der Waals surface area (Å²) in [5.41, 5.74) is 4.54. The highest BCUT2D eigenvalue weighted by atomic mass is 32.1. The van der Waals surface area contributed by atoms with Crippen LogP contribution >= 0.6 is 12.2 Å². The number of rotatable bonds is 2. The van der Waals surface area contributed by atoms with E-state index in [4.69, 9.17) is 22.2 Å². The maximum absolute atomic E-state index is 5.41. The second-order valence-corrected chi connectivity index (χ2v) is 8.00. The molecule has 1 aliphatic carbocycles. The molecule has 140 valence electrons. The number of nitrogens with one attached hydrogen (secondary N) is 2. The first kappa shape index (κ1) is 16.6. The Morgan fingerprint density at radius 2 is 1.34 bits per heavy atom. The van der Waals surface area contributed by atoms with Gasteiger partial charge in [-0.2, -0.15) is 0 Å². The Hall–Kier alpha value is -3.31. The van der Waals surface area contributed by atoms with E-state index in [9.17, 15) is 0 Å². The van der Waals surface area contributed by atoms with Gasteiger partial charge in [0.15, 0.2) is 5.11 Å². The third-order valence-corrected chi connectivity index (χ3v) is 5.71. The Bertz CT molecular complexity index is 1440. The Kier molecular flexibility index (Phi) is 3.64. The van der Waals surface area contributed by atoms with E-state index in [1.807, 2.05) is 18.2 Å². The monoisotopic (exact) mass is 394 g/mol. The molecular formula is C24H18N4S. The maximum Gasteiger partial charge on any atom is 0.170 e. The molecule has 0 spiro atoms. The molecule has 0 bridgehead atoms. The van der Waals surface area contributed by atoms with Crippen molar-refractivity contribution in [2.24, 2.45) is 0 Å². The van der Waals surface area contributed by atoms with Crippen molar-refractivity contribution in [3.05, 3.63) is 66.7 Å². The van der Waals surface area contributed by atoms with Crippen molar-refractivity contribution in [1.82, 2.24) is 15.3 Å². The van der Waals surface area contributed by atoms with Gasteiger partial charge in [-0.05, 0) is 54.0 Å². The summed E-state index contributed by atoms with van der Waals surface area (Å²) in [5, 5.41) is 11.9. The lowest BCUT2D eigenvalue weighted by Gasteiger charge is -2.12. The number of aromatic nitrogens is 2. The molecule has 29 heavy (non-hydrogen) atoms. The zero-order valence-electron chi connectivity index (χ0n) is 15.6. The summed E-state index contributed by atoms with van der Waals surface area (Å²) in [7, 11) is 0. The fourth-order valence-corrected chi connectivity index (χ4v) is 4.22. The summed E-state index contributed by atoms with van der Waals surface area (Å²) >= 11 is 5.41. The SMILES string of the molecule is S=C(Nc1ccc2nc3c4ccccc4c4ccccc4c3nc2c1)NC1CC1. The predicted molar refractivity (Wildman–Crippen MR) is 124 cm³/mol. The van der Waals surface area contributed by atoms with Crippen LogP contribution in [0.3, 0.4) is 0 Å². The van der Waals surface area contributed by atoms with E-state index in [1.165, 1.54) is 23.6 Å². The molecule has 1 aromatic heterocycles. The number of benzene rings is 4. The van der Waals surface area contributed by atoms with Crippen LogP contribution in [0.15, 0.2) is 66.7 Å². The van der Waals surface area contributed by atoms with Gasteiger partial charge in [0.05, 0.1) is 22.1 Å². The lowest BCUT2D eigenvalue weighted by molar-refractivity contribution is 0.919. The lowest BCUT2D eigenvalue weighted by atomic mass is 9.99. The molecule has 2 N–H and O–H groups in total. The molecule has 5 aromatic rings. The lowest BCUT2D eigenvalue weighted by Crippen LogP contribution is -2.30. The van der Waals surface area contributed by atoms with E-state index >= 15 is 0 Å². The molecule has 1 aliphatic rings. The van der Waals surface area contributed by atoms with Crippen LogP contribution in [-0.4, -0.2) is 21.1 Å². The first-order valence-corrected chi connectivity index (χ1v) is 10.3. The Labute approximate surface area is 173 Å². The van der Waals surface area contributed by atoms with Crippen LogP contribution in [0, 0.1) is 0 Å². The molecule has 0 amide bonds. The second-order valence-electron chi connectivity index (χ2n) is 7.59. The van der Waals surface area contributed by atoms with Gasteiger partial charge in [0.25, 0.3) is 0 Å². The highest BCUT2D eigenvalue weighted by molar-refractivity contribution is 7.80. The molecule has 4 aromatic carbocycles. The molecule has 5 heteroatoms. The van der Waals surface area contributed by atoms with Gasteiger partial charge in [0.2, 0.25) is 0 Å². The summed E-state index contributed by atoms with van der Waals surface area (Å²) in [6.07, 6.45) is 2.38. The Morgan fingerprint density at radius 3 is 1.97 bits per heavy atom. The highest BCUT2D eigenvalue weighted by Crippen LogP contribution is 2.34. The van der Waals surface area contributed by atoms with E-state index in [-0.39, 0.29) is 0 Å². The smallest absolute Gasteiger partial charge is 0.170 e. The van der Waals surface area contributed by atoms with Crippen molar-refractivity contribution in [3.63, 3.8) is 0 Å². The fourth-order valence-electron chi connectivity index (χ4n) is 3.94. The molecule has 0 aliphatic heterocycles. The second kappa shape index (κ2) is 6.36. The van der Waals surface area contributed by atoms with E-state index in [2.05, 4.69) is 59.2 Å². The number of hydrogen-bond donors (Lipinski definition) is 2. The standard InChI is InChI=1S/C24H18N4S/c29-24(25-14-9-10-14)26-15-11-12-20-21(13-15)28-23-19-8-4-2-6-17(19)16-5-1-3-7-18(16)22(23)27-20/h1-8,11-14H,9-10H2,(H2,25,26,29). The van der Waals surface area contributed by atoms with Crippen LogP contribution in [-0.2, 0) is 0 Å². The van der Waals surface area contributed by atoms with Crippen LogP contribution in [0.5, 0.6) is 0 Å². The average Bonchev–Trinajstić information content (AvgIpc) is 3.56. The molecule has 6 rings (SSSR count). The van der Waals surface area contributed by atoms with Gasteiger partial charge in [-0.1, -0.05) is 48.5 Å². The van der Waals surface area contributed by atoms with Gasteiger partial charge in [0.1, 0.15) is 0 Å². The van der Waals surface area contributed by atoms with Crippen molar-refractivity contribution in [2.75, 3.05) is 5.32 Å². The molecule has 0 unspecified atom stereocenters. The minimum Gasteiger partial charge on any atom is -0.360 e. The van der Waals surface area contributed by atoms with Crippen LogP contribution in [0.4, 0.5) is 5.69 Å². The van der Waals surface area contributed by atoms with Crippen molar-refractivity contribution in [2.45, 2.75) is 18.9 Å². The van der Waals surface area contributed by atoms with Gasteiger partial charge in [0, 0.05) is 22.5 Å². The number of nitrogens with zero attached hydrogens (tertiary/aromatic N) is 2. The first-order valence-electron chi connectivity index (χ1n) is 9.85. The number of fused-ring (bicyclic) bond motifs is 7. The van der Waals surface area contributed by atoms with Crippen LogP contribution in [0.1, 0.15) is 12.8 Å². The number of hydrogen-bond acceptors (Lipinski definition) is 3. The maximum atomic E-state index is 5.41. The zero-order valence-corrected chi connectivity index (χ0v) is 16.5. The third kappa shape index (κ3) is 2.86.